The molecule has 0 bridgehead atoms. The maximum atomic E-state index is 5.91. The van der Waals surface area contributed by atoms with Crippen LogP contribution in [0.5, 0.6) is 0 Å². The number of benzene rings is 3. The Morgan fingerprint density at radius 3 is 1.07 bits per heavy atom. The lowest BCUT2D eigenvalue weighted by Gasteiger charge is -2.20. The maximum Gasteiger partial charge on any atom is 0.0328 e. The third-order valence-electron chi connectivity index (χ3n) is 5.59. The van der Waals surface area contributed by atoms with E-state index in [0.717, 1.165) is 33.4 Å². The molecule has 30 heavy (non-hydrogen) atoms. The third kappa shape index (κ3) is 4.35. The van der Waals surface area contributed by atoms with Crippen LogP contribution in [-0.2, 0) is 10.8 Å². The Bertz CT molecular complexity index is 1030. The van der Waals surface area contributed by atoms with Crippen LogP contribution < -0.4 is 0 Å². The zero-order valence-corrected chi connectivity index (χ0v) is 18.9. The van der Waals surface area contributed by atoms with Crippen molar-refractivity contribution in [2.75, 3.05) is 0 Å². The van der Waals surface area contributed by atoms with E-state index in [9.17, 15) is 0 Å². The Morgan fingerprint density at radius 1 is 0.533 bits per heavy atom. The number of rotatable bonds is 2. The summed E-state index contributed by atoms with van der Waals surface area (Å²) >= 11 is 0. The van der Waals surface area contributed by atoms with E-state index >= 15 is 0 Å². The monoisotopic (exact) mass is 390 g/mol. The van der Waals surface area contributed by atoms with Crippen LogP contribution in [0.15, 0.2) is 60.7 Å². The first-order chi connectivity index (χ1) is 14.0. The molecule has 3 aromatic rings. The van der Waals surface area contributed by atoms with Crippen molar-refractivity contribution >= 4 is 0 Å². The van der Waals surface area contributed by atoms with Crippen molar-refractivity contribution in [1.82, 2.24) is 0 Å². The molecule has 0 nitrogen and oxygen atoms in total. The Labute approximate surface area is 182 Å². The summed E-state index contributed by atoms with van der Waals surface area (Å²) in [7, 11) is 0. The third-order valence-corrected chi connectivity index (χ3v) is 5.59. The topological polar surface area (TPSA) is 0 Å². The van der Waals surface area contributed by atoms with Crippen molar-refractivity contribution in [2.24, 2.45) is 0 Å². The Hall–Kier alpha value is -3.22. The van der Waals surface area contributed by atoms with Gasteiger partial charge in [-0.25, -0.2) is 0 Å². The second kappa shape index (κ2) is 7.89. The minimum absolute atomic E-state index is 0.112. The predicted octanol–water partition coefficient (Wildman–Crippen LogP) is 7.58. The average Bonchev–Trinajstić information content (AvgIpc) is 2.71. The second-order valence-electron chi connectivity index (χ2n) is 9.89. The van der Waals surface area contributed by atoms with E-state index in [0.29, 0.717) is 0 Å². The molecule has 0 spiro atoms. The predicted molar refractivity (Wildman–Crippen MR) is 131 cm³/mol. The number of hydrogen-bond acceptors (Lipinski definition) is 0. The van der Waals surface area contributed by atoms with Crippen LogP contribution in [0.25, 0.3) is 22.3 Å². The van der Waals surface area contributed by atoms with Gasteiger partial charge in [0, 0.05) is 11.1 Å². The summed E-state index contributed by atoms with van der Waals surface area (Å²) in [4.78, 5) is 0. The van der Waals surface area contributed by atoms with Gasteiger partial charge in [0.1, 0.15) is 0 Å². The fourth-order valence-corrected chi connectivity index (χ4v) is 3.62. The van der Waals surface area contributed by atoms with E-state index in [2.05, 4.69) is 102 Å². The maximum absolute atomic E-state index is 5.91. The largest absolute Gasteiger partial charge is 0.115 e. The van der Waals surface area contributed by atoms with Gasteiger partial charge < -0.3 is 0 Å². The number of hydrogen-bond donors (Lipinski definition) is 0. The van der Waals surface area contributed by atoms with Gasteiger partial charge >= 0.3 is 0 Å². The zero-order valence-electron chi connectivity index (χ0n) is 18.9. The molecule has 0 saturated carbocycles. The Morgan fingerprint density at radius 2 is 0.833 bits per heavy atom. The molecule has 0 aromatic heterocycles. The molecular formula is C30H30. The lowest BCUT2D eigenvalue weighted by molar-refractivity contribution is 0.590. The van der Waals surface area contributed by atoms with Gasteiger partial charge in [-0.3, -0.25) is 0 Å². The summed E-state index contributed by atoms with van der Waals surface area (Å²) in [6.45, 7) is 13.3. The van der Waals surface area contributed by atoms with Crippen LogP contribution in [0.2, 0.25) is 0 Å². The standard InChI is InChI=1S/C30H30/c1-9-21-19-28(24-13-17-26(18-14-24)30(6,7)8)22(10-2)20-27(21)23-11-15-25(16-12-23)29(3,4)5/h1-2,11-20H,3-8H3. The van der Waals surface area contributed by atoms with E-state index in [-0.39, 0.29) is 10.8 Å². The van der Waals surface area contributed by atoms with Gasteiger partial charge in [0.2, 0.25) is 0 Å². The molecule has 0 aliphatic rings. The van der Waals surface area contributed by atoms with Gasteiger partial charge in [0.25, 0.3) is 0 Å². The van der Waals surface area contributed by atoms with Crippen molar-refractivity contribution in [3.63, 3.8) is 0 Å². The molecule has 0 unspecified atom stereocenters. The first kappa shape index (κ1) is 21.5. The van der Waals surface area contributed by atoms with Crippen LogP contribution in [0, 0.1) is 24.7 Å². The lowest BCUT2D eigenvalue weighted by Crippen LogP contribution is -2.10. The van der Waals surface area contributed by atoms with Crippen molar-refractivity contribution in [2.45, 2.75) is 52.4 Å². The zero-order chi connectivity index (χ0) is 22.1. The minimum atomic E-state index is 0.112. The van der Waals surface area contributed by atoms with E-state index in [4.69, 9.17) is 12.8 Å². The van der Waals surface area contributed by atoms with Gasteiger partial charge in [0.15, 0.2) is 0 Å². The highest BCUT2D eigenvalue weighted by Crippen LogP contribution is 2.34. The van der Waals surface area contributed by atoms with Crippen LogP contribution >= 0.6 is 0 Å². The summed E-state index contributed by atoms with van der Waals surface area (Å²) in [5.41, 5.74) is 8.69. The van der Waals surface area contributed by atoms with Crippen molar-refractivity contribution in [3.8, 4) is 46.9 Å². The summed E-state index contributed by atoms with van der Waals surface area (Å²) < 4.78 is 0. The van der Waals surface area contributed by atoms with Crippen LogP contribution in [-0.4, -0.2) is 0 Å². The summed E-state index contributed by atoms with van der Waals surface area (Å²) in [5, 5.41) is 0. The molecule has 0 saturated heterocycles. The molecule has 3 aromatic carbocycles. The molecule has 0 radical (unpaired) electrons. The van der Waals surface area contributed by atoms with Crippen LogP contribution in [0.1, 0.15) is 63.8 Å². The highest BCUT2D eigenvalue weighted by molar-refractivity contribution is 5.81. The fraction of sp³-hybridized carbons (Fsp3) is 0.267. The number of terminal acetylenes is 2. The summed E-state index contributed by atoms with van der Waals surface area (Å²) in [6, 6.07) is 21.3. The molecule has 0 heteroatoms. The SMILES string of the molecule is C#Cc1cc(-c2ccc(C(C)(C)C)cc2)c(C#C)cc1-c1ccc(C(C)(C)C)cc1. The van der Waals surface area contributed by atoms with Gasteiger partial charge in [-0.05, 0) is 56.3 Å². The smallest absolute Gasteiger partial charge is 0.0328 e. The van der Waals surface area contributed by atoms with Crippen molar-refractivity contribution < 1.29 is 0 Å². The first-order valence-electron chi connectivity index (χ1n) is 10.4. The summed E-state index contributed by atoms with van der Waals surface area (Å²) in [6.07, 6.45) is 11.8. The molecule has 0 fully saturated rings. The van der Waals surface area contributed by atoms with Gasteiger partial charge in [-0.1, -0.05) is 102 Å². The van der Waals surface area contributed by atoms with E-state index in [1.165, 1.54) is 11.1 Å². The molecule has 3 rings (SSSR count). The average molecular weight is 391 g/mol. The van der Waals surface area contributed by atoms with E-state index in [1.54, 1.807) is 0 Å². The molecule has 0 aliphatic carbocycles. The molecule has 0 N–H and O–H groups in total. The highest BCUT2D eigenvalue weighted by atomic mass is 14.2. The first-order valence-corrected chi connectivity index (χ1v) is 10.4. The van der Waals surface area contributed by atoms with Crippen molar-refractivity contribution in [1.29, 1.82) is 0 Å². The van der Waals surface area contributed by atoms with Crippen LogP contribution in [0.4, 0.5) is 0 Å². The van der Waals surface area contributed by atoms with Crippen molar-refractivity contribution in [3.05, 3.63) is 82.9 Å². The minimum Gasteiger partial charge on any atom is -0.115 e. The highest BCUT2D eigenvalue weighted by Gasteiger charge is 2.16. The molecule has 150 valence electrons. The molecule has 0 heterocycles. The molecular weight excluding hydrogens is 360 g/mol. The Balaban J connectivity index is 2.10. The molecule has 0 atom stereocenters. The second-order valence-corrected chi connectivity index (χ2v) is 9.89. The van der Waals surface area contributed by atoms with E-state index in [1.807, 2.05) is 12.1 Å². The molecule has 0 aliphatic heterocycles. The van der Waals surface area contributed by atoms with Crippen LogP contribution in [0.3, 0.4) is 0 Å². The Kier molecular flexibility index (Phi) is 5.65. The van der Waals surface area contributed by atoms with Gasteiger partial charge in [-0.2, -0.15) is 0 Å². The fourth-order valence-electron chi connectivity index (χ4n) is 3.62. The quantitative estimate of drug-likeness (QED) is 0.396. The van der Waals surface area contributed by atoms with E-state index < -0.39 is 0 Å². The normalized spacial score (nSPS) is 11.6. The lowest BCUT2D eigenvalue weighted by atomic mass is 9.84. The van der Waals surface area contributed by atoms with Gasteiger partial charge in [0.05, 0.1) is 0 Å². The molecule has 0 amide bonds. The summed E-state index contributed by atoms with van der Waals surface area (Å²) in [5.74, 6) is 5.73. The van der Waals surface area contributed by atoms with Gasteiger partial charge in [-0.15, -0.1) is 12.8 Å².